The lowest BCUT2D eigenvalue weighted by atomic mass is 9.87. The van der Waals surface area contributed by atoms with Gasteiger partial charge in [0.25, 0.3) is 0 Å². The van der Waals surface area contributed by atoms with E-state index in [0.717, 1.165) is 0 Å². The van der Waals surface area contributed by atoms with E-state index in [4.69, 9.17) is 0 Å². The zero-order valence-corrected chi connectivity index (χ0v) is 12.0. The fourth-order valence-electron chi connectivity index (χ4n) is 2.06. The summed E-state index contributed by atoms with van der Waals surface area (Å²) in [6.45, 7) is 6.40. The summed E-state index contributed by atoms with van der Waals surface area (Å²) in [5.74, 6) is 0. The van der Waals surface area contributed by atoms with Crippen LogP contribution in [-0.2, 0) is 5.41 Å². The van der Waals surface area contributed by atoms with Gasteiger partial charge in [0.15, 0.2) is 0 Å². The van der Waals surface area contributed by atoms with Crippen LogP contribution in [0.3, 0.4) is 0 Å². The van der Waals surface area contributed by atoms with Gasteiger partial charge in [0.05, 0.1) is 11.4 Å². The molecule has 0 atom stereocenters. The van der Waals surface area contributed by atoms with Crippen LogP contribution in [0.25, 0.3) is 0 Å². The predicted octanol–water partition coefficient (Wildman–Crippen LogP) is 4.80. The minimum atomic E-state index is -0.986. The summed E-state index contributed by atoms with van der Waals surface area (Å²) < 4.78 is 0. The number of benzene rings is 2. The Balaban J connectivity index is 2.39. The van der Waals surface area contributed by atoms with Gasteiger partial charge in [0.1, 0.15) is 0 Å². The van der Waals surface area contributed by atoms with E-state index in [1.807, 2.05) is 42.5 Å². The second-order valence-electron chi connectivity index (χ2n) is 5.75. The molecule has 0 bridgehead atoms. The highest BCUT2D eigenvalue weighted by atomic mass is 16.4. The molecule has 20 heavy (non-hydrogen) atoms. The van der Waals surface area contributed by atoms with Crippen LogP contribution in [0.4, 0.5) is 16.2 Å². The van der Waals surface area contributed by atoms with Crippen LogP contribution < -0.4 is 4.90 Å². The van der Waals surface area contributed by atoms with Crippen molar-refractivity contribution in [2.75, 3.05) is 4.90 Å². The third-order valence-electron chi connectivity index (χ3n) is 3.20. The number of nitrogens with zero attached hydrogens (tertiary/aromatic N) is 1. The van der Waals surface area contributed by atoms with Crippen molar-refractivity contribution < 1.29 is 9.90 Å². The van der Waals surface area contributed by atoms with E-state index in [1.54, 1.807) is 12.1 Å². The van der Waals surface area contributed by atoms with Gasteiger partial charge in [-0.1, -0.05) is 51.1 Å². The lowest BCUT2D eigenvalue weighted by Gasteiger charge is -2.22. The zero-order chi connectivity index (χ0) is 14.8. The standard InChI is InChI=1S/C17H19NO2/c1-17(2,3)13-9-11-15(12-10-13)18(16(19)20)14-7-5-4-6-8-14/h4-12H,1-3H3,(H,19,20). The van der Waals surface area contributed by atoms with E-state index < -0.39 is 6.09 Å². The molecule has 3 heteroatoms. The van der Waals surface area contributed by atoms with Crippen LogP contribution in [0.15, 0.2) is 54.6 Å². The summed E-state index contributed by atoms with van der Waals surface area (Å²) in [6, 6.07) is 16.7. The Kier molecular flexibility index (Phi) is 3.79. The molecule has 3 nitrogen and oxygen atoms in total. The van der Waals surface area contributed by atoms with E-state index in [2.05, 4.69) is 20.8 Å². The molecule has 0 fully saturated rings. The number of anilines is 2. The highest BCUT2D eigenvalue weighted by Crippen LogP contribution is 2.28. The normalized spacial score (nSPS) is 11.2. The van der Waals surface area contributed by atoms with Crippen molar-refractivity contribution in [3.63, 3.8) is 0 Å². The minimum Gasteiger partial charge on any atom is -0.464 e. The quantitative estimate of drug-likeness (QED) is 0.850. The van der Waals surface area contributed by atoms with Gasteiger partial charge in [0, 0.05) is 0 Å². The summed E-state index contributed by atoms with van der Waals surface area (Å²) in [4.78, 5) is 12.8. The number of amides is 1. The van der Waals surface area contributed by atoms with Crippen molar-refractivity contribution >= 4 is 17.5 Å². The maximum atomic E-state index is 11.5. The van der Waals surface area contributed by atoms with Crippen LogP contribution in [-0.4, -0.2) is 11.2 Å². The molecule has 0 radical (unpaired) electrons. The van der Waals surface area contributed by atoms with Crippen LogP contribution in [0.5, 0.6) is 0 Å². The van der Waals surface area contributed by atoms with Gasteiger partial charge in [-0.2, -0.15) is 0 Å². The van der Waals surface area contributed by atoms with Gasteiger partial charge in [-0.25, -0.2) is 9.69 Å². The Morgan fingerprint density at radius 1 is 0.900 bits per heavy atom. The molecule has 1 N–H and O–H groups in total. The first kappa shape index (κ1) is 14.1. The van der Waals surface area contributed by atoms with Crippen LogP contribution in [0, 0.1) is 0 Å². The van der Waals surface area contributed by atoms with Crippen LogP contribution in [0.1, 0.15) is 26.3 Å². The number of carboxylic acid groups (broad SMARTS) is 1. The van der Waals surface area contributed by atoms with Gasteiger partial charge in [-0.15, -0.1) is 0 Å². The average molecular weight is 269 g/mol. The van der Waals surface area contributed by atoms with Gasteiger partial charge in [0.2, 0.25) is 0 Å². The molecule has 0 aromatic heterocycles. The first-order valence-corrected chi connectivity index (χ1v) is 6.58. The van der Waals surface area contributed by atoms with E-state index in [-0.39, 0.29) is 5.41 Å². The van der Waals surface area contributed by atoms with E-state index in [0.29, 0.717) is 11.4 Å². The number of hydrogen-bond acceptors (Lipinski definition) is 1. The molecule has 104 valence electrons. The van der Waals surface area contributed by atoms with Crippen molar-refractivity contribution in [2.45, 2.75) is 26.2 Å². The van der Waals surface area contributed by atoms with E-state index in [9.17, 15) is 9.90 Å². The molecule has 0 heterocycles. The number of para-hydroxylation sites is 1. The molecule has 0 aliphatic rings. The lowest BCUT2D eigenvalue weighted by molar-refractivity contribution is 0.205. The topological polar surface area (TPSA) is 40.5 Å². The second-order valence-corrected chi connectivity index (χ2v) is 5.75. The van der Waals surface area contributed by atoms with Crippen LogP contribution in [0.2, 0.25) is 0 Å². The zero-order valence-electron chi connectivity index (χ0n) is 12.0. The molecule has 0 saturated carbocycles. The Bertz CT molecular complexity index is 583. The van der Waals surface area contributed by atoms with Crippen molar-refractivity contribution in [1.82, 2.24) is 0 Å². The highest BCUT2D eigenvalue weighted by Gasteiger charge is 2.18. The first-order chi connectivity index (χ1) is 9.39. The van der Waals surface area contributed by atoms with Crippen molar-refractivity contribution in [2.24, 2.45) is 0 Å². The molecule has 2 rings (SSSR count). The summed E-state index contributed by atoms with van der Waals surface area (Å²) in [6.07, 6.45) is -0.986. The minimum absolute atomic E-state index is 0.0549. The van der Waals surface area contributed by atoms with Gasteiger partial charge in [-0.3, -0.25) is 0 Å². The molecule has 2 aromatic carbocycles. The smallest absolute Gasteiger partial charge is 0.416 e. The van der Waals surface area contributed by atoms with Gasteiger partial charge < -0.3 is 5.11 Å². The number of hydrogen-bond donors (Lipinski definition) is 1. The average Bonchev–Trinajstić information content (AvgIpc) is 2.39. The van der Waals surface area contributed by atoms with E-state index >= 15 is 0 Å². The Labute approximate surface area is 119 Å². The first-order valence-electron chi connectivity index (χ1n) is 6.58. The van der Waals surface area contributed by atoms with Gasteiger partial charge >= 0.3 is 6.09 Å². The van der Waals surface area contributed by atoms with Crippen molar-refractivity contribution in [3.05, 3.63) is 60.2 Å². The predicted molar refractivity (Wildman–Crippen MR) is 81.7 cm³/mol. The Morgan fingerprint density at radius 3 is 1.85 bits per heavy atom. The maximum absolute atomic E-state index is 11.5. The molecule has 2 aromatic rings. The molecule has 0 spiro atoms. The fourth-order valence-corrected chi connectivity index (χ4v) is 2.06. The molecule has 0 aliphatic carbocycles. The number of carbonyl (C=O) groups is 1. The second kappa shape index (κ2) is 5.37. The lowest BCUT2D eigenvalue weighted by Crippen LogP contribution is -2.23. The third kappa shape index (κ3) is 2.99. The molecular weight excluding hydrogens is 250 g/mol. The molecule has 0 aliphatic heterocycles. The molecule has 0 unspecified atom stereocenters. The van der Waals surface area contributed by atoms with Gasteiger partial charge in [-0.05, 0) is 35.2 Å². The Hall–Kier alpha value is -2.29. The van der Waals surface area contributed by atoms with Crippen molar-refractivity contribution in [3.8, 4) is 0 Å². The van der Waals surface area contributed by atoms with Crippen molar-refractivity contribution in [1.29, 1.82) is 0 Å². The summed E-state index contributed by atoms with van der Waals surface area (Å²) >= 11 is 0. The fraction of sp³-hybridized carbons (Fsp3) is 0.235. The van der Waals surface area contributed by atoms with Crippen LogP contribution >= 0.6 is 0 Å². The van der Waals surface area contributed by atoms with E-state index in [1.165, 1.54) is 10.5 Å². The molecule has 0 saturated heterocycles. The highest BCUT2D eigenvalue weighted by molar-refractivity contribution is 5.94. The monoisotopic (exact) mass is 269 g/mol. The summed E-state index contributed by atoms with van der Waals surface area (Å²) in [5.41, 5.74) is 2.53. The summed E-state index contributed by atoms with van der Waals surface area (Å²) in [7, 11) is 0. The SMILES string of the molecule is CC(C)(C)c1ccc(N(C(=O)O)c2ccccc2)cc1. The maximum Gasteiger partial charge on any atom is 0.416 e. The number of rotatable bonds is 2. The largest absolute Gasteiger partial charge is 0.464 e. The molecular formula is C17H19NO2. The third-order valence-corrected chi connectivity index (χ3v) is 3.20. The Morgan fingerprint density at radius 2 is 1.40 bits per heavy atom. The summed E-state index contributed by atoms with van der Waals surface area (Å²) in [5, 5.41) is 9.44. The molecule has 1 amide bonds.